The summed E-state index contributed by atoms with van der Waals surface area (Å²) in [6.45, 7) is 6.82. The Balaban J connectivity index is 2.39. The zero-order valence-electron chi connectivity index (χ0n) is 12.0. The van der Waals surface area contributed by atoms with Crippen molar-refractivity contribution >= 4 is 18.2 Å². The van der Waals surface area contributed by atoms with Gasteiger partial charge in [-0.1, -0.05) is 33.0 Å². The van der Waals surface area contributed by atoms with Gasteiger partial charge < -0.3 is 9.72 Å². The third-order valence-electron chi connectivity index (χ3n) is 4.05. The predicted octanol–water partition coefficient (Wildman–Crippen LogP) is 3.68. The molecule has 0 bridgehead atoms. The van der Waals surface area contributed by atoms with Crippen LogP contribution in [0.2, 0.25) is 0 Å². The first-order valence-electron chi connectivity index (χ1n) is 6.66. The van der Waals surface area contributed by atoms with E-state index < -0.39 is 0 Å². The van der Waals surface area contributed by atoms with E-state index in [1.54, 1.807) is 0 Å². The molecule has 0 aromatic carbocycles. The molecule has 0 aliphatic heterocycles. The second-order valence-electron chi connectivity index (χ2n) is 6.31. The Morgan fingerprint density at radius 2 is 2.16 bits per heavy atom. The average molecular weight is 279 g/mol. The van der Waals surface area contributed by atoms with Crippen LogP contribution in [-0.2, 0) is 17.6 Å². The Morgan fingerprint density at radius 1 is 1.47 bits per heavy atom. The summed E-state index contributed by atoms with van der Waals surface area (Å²) in [5.41, 5.74) is 3.15. The number of fused-ring (bicyclic) bond motifs is 1. The van der Waals surface area contributed by atoms with E-state index in [1.807, 2.05) is 6.07 Å². The monoisotopic (exact) mass is 279 g/mol. The van der Waals surface area contributed by atoms with Crippen molar-refractivity contribution in [3.8, 4) is 0 Å². The van der Waals surface area contributed by atoms with Crippen molar-refractivity contribution in [3.63, 3.8) is 0 Å². The summed E-state index contributed by atoms with van der Waals surface area (Å²) in [5, 5.41) is 0. The Labute approximate surface area is 119 Å². The summed E-state index contributed by atoms with van der Waals surface area (Å²) < 4.78 is 5.26. The van der Waals surface area contributed by atoms with Gasteiger partial charge in [0, 0.05) is 5.69 Å². The smallest absolute Gasteiger partial charge is 0.340 e. The van der Waals surface area contributed by atoms with Crippen LogP contribution in [0, 0.1) is 16.0 Å². The normalized spacial score (nSPS) is 18.8. The summed E-state index contributed by atoms with van der Waals surface area (Å²) in [4.78, 5) is 14.9. The molecular formula is C15H21NO2S. The molecule has 0 saturated carbocycles. The minimum absolute atomic E-state index is 0.287. The van der Waals surface area contributed by atoms with Gasteiger partial charge in [0.2, 0.25) is 0 Å². The van der Waals surface area contributed by atoms with E-state index >= 15 is 0 Å². The fourth-order valence-electron chi connectivity index (χ4n) is 2.70. The molecule has 1 aromatic rings. The van der Waals surface area contributed by atoms with E-state index in [-0.39, 0.29) is 11.4 Å². The number of rotatable bonds is 1. The van der Waals surface area contributed by atoms with Gasteiger partial charge in [-0.05, 0) is 42.2 Å². The zero-order chi connectivity index (χ0) is 14.2. The third kappa shape index (κ3) is 2.89. The zero-order valence-corrected chi connectivity index (χ0v) is 12.8. The van der Waals surface area contributed by atoms with E-state index in [4.69, 9.17) is 17.0 Å². The van der Waals surface area contributed by atoms with E-state index in [0.29, 0.717) is 16.1 Å². The number of aromatic nitrogens is 1. The van der Waals surface area contributed by atoms with Crippen LogP contribution in [-0.4, -0.2) is 18.1 Å². The number of nitrogens with one attached hydrogen (secondary N) is 1. The van der Waals surface area contributed by atoms with Crippen molar-refractivity contribution in [2.24, 2.45) is 11.3 Å². The second-order valence-corrected chi connectivity index (χ2v) is 6.72. The Morgan fingerprint density at radius 3 is 2.74 bits per heavy atom. The second kappa shape index (κ2) is 5.08. The van der Waals surface area contributed by atoms with Crippen LogP contribution in [0.25, 0.3) is 0 Å². The highest BCUT2D eigenvalue weighted by Crippen LogP contribution is 2.36. The minimum atomic E-state index is -0.359. The van der Waals surface area contributed by atoms with Crippen LogP contribution in [0.1, 0.15) is 48.8 Å². The highest BCUT2D eigenvalue weighted by atomic mass is 32.1. The van der Waals surface area contributed by atoms with Crippen LogP contribution in [0.3, 0.4) is 0 Å². The van der Waals surface area contributed by atoms with E-state index in [9.17, 15) is 4.79 Å². The highest BCUT2D eigenvalue weighted by molar-refractivity contribution is 7.71. The van der Waals surface area contributed by atoms with E-state index in [0.717, 1.165) is 12.8 Å². The van der Waals surface area contributed by atoms with Crippen LogP contribution in [0.15, 0.2) is 6.07 Å². The maximum atomic E-state index is 11.7. The van der Waals surface area contributed by atoms with Crippen LogP contribution >= 0.6 is 12.2 Å². The lowest BCUT2D eigenvalue weighted by Gasteiger charge is -2.34. The molecule has 104 valence electrons. The molecule has 1 unspecified atom stereocenters. The largest absolute Gasteiger partial charge is 0.465 e. The molecule has 0 radical (unpaired) electrons. The molecule has 1 atom stereocenters. The molecule has 0 amide bonds. The van der Waals surface area contributed by atoms with E-state index in [1.165, 1.54) is 24.8 Å². The first-order valence-corrected chi connectivity index (χ1v) is 7.07. The lowest BCUT2D eigenvalue weighted by molar-refractivity contribution is 0.0599. The molecule has 1 aliphatic rings. The van der Waals surface area contributed by atoms with Gasteiger partial charge >= 0.3 is 5.97 Å². The fourth-order valence-corrected chi connectivity index (χ4v) is 2.97. The number of carbonyl (C=O) groups excluding carboxylic acids is 1. The summed E-state index contributed by atoms with van der Waals surface area (Å²) in [6.07, 6.45) is 3.16. The number of H-pyrrole nitrogens is 1. The van der Waals surface area contributed by atoms with Crippen LogP contribution in [0.4, 0.5) is 0 Å². The molecule has 1 aliphatic carbocycles. The lowest BCUT2D eigenvalue weighted by atomic mass is 9.71. The van der Waals surface area contributed by atoms with Gasteiger partial charge in [0.1, 0.15) is 4.64 Å². The minimum Gasteiger partial charge on any atom is -0.465 e. The number of methoxy groups -OCH3 is 1. The van der Waals surface area contributed by atoms with Crippen molar-refractivity contribution in [1.29, 1.82) is 0 Å². The summed E-state index contributed by atoms with van der Waals surface area (Å²) >= 11 is 5.23. The third-order valence-corrected chi connectivity index (χ3v) is 4.38. The van der Waals surface area contributed by atoms with Gasteiger partial charge in [-0.25, -0.2) is 4.79 Å². The molecular weight excluding hydrogens is 258 g/mol. The van der Waals surface area contributed by atoms with Gasteiger partial charge in [0.05, 0.1) is 12.7 Å². The Hall–Kier alpha value is -1.16. The molecule has 0 saturated heterocycles. The number of ether oxygens (including phenoxy) is 1. The number of esters is 1. The average Bonchev–Trinajstić information content (AvgIpc) is 2.35. The quantitative estimate of drug-likeness (QED) is 0.630. The highest BCUT2D eigenvalue weighted by Gasteiger charge is 2.29. The van der Waals surface area contributed by atoms with Gasteiger partial charge in [-0.2, -0.15) is 0 Å². The molecule has 3 nitrogen and oxygen atoms in total. The van der Waals surface area contributed by atoms with Crippen molar-refractivity contribution in [2.75, 3.05) is 7.11 Å². The SMILES string of the molecule is COC(=O)c1cc2c([nH]c1=S)CCC(C(C)(C)C)C2. The molecule has 0 spiro atoms. The van der Waals surface area contributed by atoms with Crippen LogP contribution < -0.4 is 0 Å². The maximum Gasteiger partial charge on any atom is 0.340 e. The van der Waals surface area contributed by atoms with E-state index in [2.05, 4.69) is 25.8 Å². The number of aromatic amines is 1. The van der Waals surface area contributed by atoms with Gasteiger partial charge in [0.25, 0.3) is 0 Å². The molecule has 1 N–H and O–H groups in total. The first kappa shape index (κ1) is 14.3. The van der Waals surface area contributed by atoms with Crippen molar-refractivity contribution in [1.82, 2.24) is 4.98 Å². The summed E-state index contributed by atoms with van der Waals surface area (Å²) in [5.74, 6) is 0.275. The Bertz CT molecular complexity index is 554. The number of pyridine rings is 1. The maximum absolute atomic E-state index is 11.7. The number of aryl methyl sites for hydroxylation is 1. The number of hydrogen-bond acceptors (Lipinski definition) is 3. The van der Waals surface area contributed by atoms with Crippen molar-refractivity contribution < 1.29 is 9.53 Å². The van der Waals surface area contributed by atoms with Crippen molar-refractivity contribution in [2.45, 2.75) is 40.0 Å². The molecule has 0 fully saturated rings. The number of carbonyl (C=O) groups is 1. The summed E-state index contributed by atoms with van der Waals surface area (Å²) in [6, 6.07) is 1.91. The Kier molecular flexibility index (Phi) is 3.81. The fraction of sp³-hybridized carbons (Fsp3) is 0.600. The standard InChI is InChI=1S/C15H21NO2S/c1-15(2,3)10-5-6-12-9(7-10)8-11(13(19)16-12)14(17)18-4/h8,10H,5-7H2,1-4H3,(H,16,19). The lowest BCUT2D eigenvalue weighted by Crippen LogP contribution is -2.27. The molecule has 1 heterocycles. The molecule has 2 rings (SSSR count). The molecule has 4 heteroatoms. The predicted molar refractivity (Wildman–Crippen MR) is 77.9 cm³/mol. The number of hydrogen-bond donors (Lipinski definition) is 1. The van der Waals surface area contributed by atoms with Crippen molar-refractivity contribution in [3.05, 3.63) is 27.5 Å². The summed E-state index contributed by atoms with van der Waals surface area (Å²) in [7, 11) is 1.38. The van der Waals surface area contributed by atoms with Gasteiger partial charge in [-0.3, -0.25) is 0 Å². The van der Waals surface area contributed by atoms with Crippen LogP contribution in [0.5, 0.6) is 0 Å². The topological polar surface area (TPSA) is 42.1 Å². The first-order chi connectivity index (χ1) is 8.82. The molecule has 19 heavy (non-hydrogen) atoms. The van der Waals surface area contributed by atoms with Gasteiger partial charge in [0.15, 0.2) is 0 Å². The molecule has 1 aromatic heterocycles. The van der Waals surface area contributed by atoms with Gasteiger partial charge in [-0.15, -0.1) is 0 Å².